The van der Waals surface area contributed by atoms with Crippen LogP contribution in [0.3, 0.4) is 0 Å². The number of rotatable bonds is 7. The maximum absolute atomic E-state index is 13.4. The first kappa shape index (κ1) is 31.0. The average Bonchev–Trinajstić information content (AvgIpc) is 3.29. The van der Waals surface area contributed by atoms with E-state index in [0.717, 1.165) is 5.56 Å². The molecule has 0 N–H and O–H groups in total. The number of methoxy groups -OCH3 is 1. The van der Waals surface area contributed by atoms with Gasteiger partial charge in [-0.05, 0) is 37.5 Å². The van der Waals surface area contributed by atoms with E-state index in [1.807, 2.05) is 19.9 Å². The van der Waals surface area contributed by atoms with Gasteiger partial charge in [-0.3, -0.25) is 14.4 Å². The van der Waals surface area contributed by atoms with Gasteiger partial charge in [-0.1, -0.05) is 40.3 Å². The van der Waals surface area contributed by atoms with Crippen molar-refractivity contribution in [1.29, 1.82) is 0 Å². The lowest BCUT2D eigenvalue weighted by molar-refractivity contribution is -0.211. The number of esters is 4. The lowest BCUT2D eigenvalue weighted by Gasteiger charge is -2.58. The molecule has 2 saturated carbocycles. The Labute approximate surface area is 252 Å². The first-order chi connectivity index (χ1) is 20.0. The maximum Gasteiger partial charge on any atom is 0.330 e. The van der Waals surface area contributed by atoms with Crippen molar-refractivity contribution in [3.8, 4) is 0 Å². The molecule has 5 rings (SSSR count). The molecule has 0 amide bonds. The minimum absolute atomic E-state index is 0.100. The van der Waals surface area contributed by atoms with E-state index in [-0.39, 0.29) is 18.4 Å². The second-order valence-electron chi connectivity index (χ2n) is 13.6. The summed E-state index contributed by atoms with van der Waals surface area (Å²) in [6.45, 7) is 16.8. The Bertz CT molecular complexity index is 1360. The standard InChI is InChI=1S/C33H42O10/c1-17(2)29(37)41-28-27(40-19(4)34)26(31(7)12-10-24(35)43-30(5,6)22(31)15-25(36)38-9)18(3)33-23(42-33)14-21(32(28,33)8)20-11-13-39-16-20/h10-13,16-17,21-23,26-28H,3,14-15H2,1-2,4-9H3/t21-,22-,23+,26+,27+,28-,31+,32+,33+/m0/s1. The largest absolute Gasteiger partial charge is 0.472 e. The third kappa shape index (κ3) is 4.55. The molecule has 1 aromatic rings. The van der Waals surface area contributed by atoms with E-state index < -0.39 is 75.9 Å². The second-order valence-corrected chi connectivity index (χ2v) is 13.6. The highest BCUT2D eigenvalue weighted by Gasteiger charge is 2.84. The van der Waals surface area contributed by atoms with Gasteiger partial charge in [0.05, 0.1) is 43.5 Å². The van der Waals surface area contributed by atoms with Crippen LogP contribution in [0.15, 0.2) is 47.3 Å². The van der Waals surface area contributed by atoms with Crippen LogP contribution in [0.5, 0.6) is 0 Å². The molecule has 10 nitrogen and oxygen atoms in total. The van der Waals surface area contributed by atoms with Crippen molar-refractivity contribution >= 4 is 23.9 Å². The number of hydrogen-bond donors (Lipinski definition) is 0. The molecular weight excluding hydrogens is 556 g/mol. The summed E-state index contributed by atoms with van der Waals surface area (Å²) in [6.07, 6.45) is 4.58. The van der Waals surface area contributed by atoms with Crippen molar-refractivity contribution in [3.63, 3.8) is 0 Å². The third-order valence-electron chi connectivity index (χ3n) is 10.5. The topological polar surface area (TPSA) is 131 Å². The van der Waals surface area contributed by atoms with Crippen LogP contribution in [0.4, 0.5) is 0 Å². The molecule has 10 heteroatoms. The Morgan fingerprint density at radius 2 is 1.84 bits per heavy atom. The normalized spacial score (nSPS) is 39.3. The fourth-order valence-corrected chi connectivity index (χ4v) is 8.55. The Kier molecular flexibility index (Phi) is 7.47. The molecule has 3 fully saturated rings. The molecule has 43 heavy (non-hydrogen) atoms. The van der Waals surface area contributed by atoms with Crippen molar-refractivity contribution in [1.82, 2.24) is 0 Å². The summed E-state index contributed by atoms with van der Waals surface area (Å²) in [5, 5.41) is 0. The van der Waals surface area contributed by atoms with Gasteiger partial charge in [0, 0.05) is 36.2 Å². The Morgan fingerprint density at radius 3 is 2.42 bits per heavy atom. The van der Waals surface area contributed by atoms with Crippen LogP contribution in [0, 0.1) is 28.6 Å². The minimum Gasteiger partial charge on any atom is -0.472 e. The van der Waals surface area contributed by atoms with Gasteiger partial charge < -0.3 is 28.1 Å². The Hall–Kier alpha value is -3.40. The highest BCUT2D eigenvalue weighted by atomic mass is 16.6. The van der Waals surface area contributed by atoms with Crippen LogP contribution >= 0.6 is 0 Å². The zero-order chi connectivity index (χ0) is 31.7. The van der Waals surface area contributed by atoms with Gasteiger partial charge in [0.25, 0.3) is 0 Å². The number of cyclic esters (lactones) is 1. The summed E-state index contributed by atoms with van der Waals surface area (Å²) in [5.74, 6) is -4.12. The van der Waals surface area contributed by atoms with Gasteiger partial charge in [-0.25, -0.2) is 4.79 Å². The van der Waals surface area contributed by atoms with Gasteiger partial charge in [0.1, 0.15) is 23.4 Å². The highest BCUT2D eigenvalue weighted by Crippen LogP contribution is 2.76. The van der Waals surface area contributed by atoms with Crippen LogP contribution in [-0.2, 0) is 42.9 Å². The number of allylic oxidation sites excluding steroid dienone is 1. The number of furan rings is 1. The van der Waals surface area contributed by atoms with Crippen LogP contribution < -0.4 is 0 Å². The predicted molar refractivity (Wildman–Crippen MR) is 152 cm³/mol. The molecule has 2 aliphatic heterocycles. The molecule has 1 spiro atoms. The molecular formula is C33H42O10. The summed E-state index contributed by atoms with van der Waals surface area (Å²) >= 11 is 0. The van der Waals surface area contributed by atoms with Gasteiger partial charge >= 0.3 is 23.9 Å². The van der Waals surface area contributed by atoms with Crippen LogP contribution in [-0.4, -0.2) is 60.5 Å². The van der Waals surface area contributed by atoms with Crippen LogP contribution in [0.1, 0.15) is 72.8 Å². The van der Waals surface area contributed by atoms with Crippen LogP contribution in [0.25, 0.3) is 0 Å². The summed E-state index contributed by atoms with van der Waals surface area (Å²) in [4.78, 5) is 51.9. The molecule has 0 unspecified atom stereocenters. The number of epoxide rings is 1. The summed E-state index contributed by atoms with van der Waals surface area (Å²) in [7, 11) is 1.30. The van der Waals surface area contributed by atoms with E-state index in [0.29, 0.717) is 12.0 Å². The number of carbonyl (C=O) groups is 4. The zero-order valence-electron chi connectivity index (χ0n) is 26.1. The van der Waals surface area contributed by atoms with E-state index in [1.54, 1.807) is 46.3 Å². The van der Waals surface area contributed by atoms with E-state index in [9.17, 15) is 19.2 Å². The molecule has 1 saturated heterocycles. The van der Waals surface area contributed by atoms with Gasteiger partial charge in [0.15, 0.2) is 0 Å². The highest BCUT2D eigenvalue weighted by molar-refractivity contribution is 5.83. The van der Waals surface area contributed by atoms with Crippen LogP contribution in [0.2, 0.25) is 0 Å². The van der Waals surface area contributed by atoms with Gasteiger partial charge in [-0.2, -0.15) is 0 Å². The lowest BCUT2D eigenvalue weighted by atomic mass is 9.48. The quantitative estimate of drug-likeness (QED) is 0.189. The number of carbonyl (C=O) groups excluding carboxylic acids is 4. The molecule has 3 heterocycles. The van der Waals surface area contributed by atoms with E-state index in [2.05, 4.69) is 6.58 Å². The average molecular weight is 599 g/mol. The fraction of sp³-hybridized carbons (Fsp3) is 0.636. The van der Waals surface area contributed by atoms with E-state index in [4.69, 9.17) is 28.1 Å². The SMILES string of the molecule is C=C1[C@@H]([C@]2(C)C=CC(=O)OC(C)(C)[C@@H]2CC(=O)OC)[C@@H](OC(C)=O)[C@H](OC(=O)C(C)C)[C@@]2(C)[C@H](c3ccoc3)C[C@H]3O[C@]132. The smallest absolute Gasteiger partial charge is 0.330 e. The maximum atomic E-state index is 13.4. The number of hydrogen-bond acceptors (Lipinski definition) is 10. The molecule has 1 aromatic heterocycles. The van der Waals surface area contributed by atoms with Crippen molar-refractivity contribution in [3.05, 3.63) is 48.5 Å². The van der Waals surface area contributed by atoms with Crippen molar-refractivity contribution in [2.75, 3.05) is 7.11 Å². The minimum atomic E-state index is -1.15. The molecule has 234 valence electrons. The van der Waals surface area contributed by atoms with Crippen molar-refractivity contribution in [2.24, 2.45) is 28.6 Å². The lowest BCUT2D eigenvalue weighted by Crippen LogP contribution is -2.66. The summed E-state index contributed by atoms with van der Waals surface area (Å²) in [6, 6.07) is 1.89. The molecule has 0 aromatic carbocycles. The third-order valence-corrected chi connectivity index (χ3v) is 10.5. The second kappa shape index (κ2) is 10.4. The van der Waals surface area contributed by atoms with Gasteiger partial charge in [0.2, 0.25) is 0 Å². The summed E-state index contributed by atoms with van der Waals surface area (Å²) < 4.78 is 35.4. The fourth-order valence-electron chi connectivity index (χ4n) is 8.55. The Balaban J connectivity index is 1.75. The van der Waals surface area contributed by atoms with Crippen molar-refractivity contribution in [2.45, 2.75) is 96.7 Å². The Morgan fingerprint density at radius 1 is 1.14 bits per heavy atom. The molecule has 4 aliphatic rings. The summed E-state index contributed by atoms with van der Waals surface area (Å²) in [5.41, 5.74) is -2.49. The molecule has 9 atom stereocenters. The van der Waals surface area contributed by atoms with E-state index >= 15 is 0 Å². The van der Waals surface area contributed by atoms with E-state index in [1.165, 1.54) is 20.1 Å². The predicted octanol–water partition coefficient (Wildman–Crippen LogP) is 4.67. The number of ether oxygens (including phenoxy) is 5. The molecule has 0 bridgehead atoms. The first-order valence-electron chi connectivity index (χ1n) is 14.8. The molecule has 0 radical (unpaired) electrons. The van der Waals surface area contributed by atoms with Gasteiger partial charge in [-0.15, -0.1) is 0 Å². The van der Waals surface area contributed by atoms with Crippen molar-refractivity contribution < 1.29 is 47.3 Å². The molecule has 2 aliphatic carbocycles. The zero-order valence-corrected chi connectivity index (χ0v) is 26.1. The first-order valence-corrected chi connectivity index (χ1v) is 14.8. The monoisotopic (exact) mass is 598 g/mol.